The maximum atomic E-state index is 13.5. The topological polar surface area (TPSA) is 73.4 Å². The van der Waals surface area contributed by atoms with Crippen LogP contribution in [0.5, 0.6) is 23.0 Å². The van der Waals surface area contributed by atoms with E-state index >= 15 is 0 Å². The molecule has 0 atom stereocenters. The van der Waals surface area contributed by atoms with Gasteiger partial charge < -0.3 is 28.7 Å². The Balaban J connectivity index is 1.44. The predicted octanol–water partition coefficient (Wildman–Crippen LogP) is 4.18. The molecule has 8 heteroatoms. The number of amides is 1. The molecule has 0 unspecified atom stereocenters. The third-order valence-corrected chi connectivity index (χ3v) is 7.04. The van der Waals surface area contributed by atoms with Crippen LogP contribution in [0.1, 0.15) is 23.1 Å². The van der Waals surface area contributed by atoms with Gasteiger partial charge in [0.15, 0.2) is 23.0 Å². The van der Waals surface area contributed by atoms with Gasteiger partial charge in [-0.25, -0.2) is 0 Å². The first-order valence-corrected chi connectivity index (χ1v) is 12.9. The van der Waals surface area contributed by atoms with Crippen LogP contribution in [0.3, 0.4) is 0 Å². The molecule has 0 saturated heterocycles. The van der Waals surface area contributed by atoms with Crippen LogP contribution in [0.25, 0.3) is 0 Å². The molecule has 1 aromatic heterocycles. The summed E-state index contributed by atoms with van der Waals surface area (Å²) in [7, 11) is 6.56. The second kappa shape index (κ2) is 13.1. The van der Waals surface area contributed by atoms with Gasteiger partial charge in [-0.3, -0.25) is 9.78 Å². The summed E-state index contributed by atoms with van der Waals surface area (Å²) in [5.41, 5.74) is 4.35. The van der Waals surface area contributed by atoms with Gasteiger partial charge in [0, 0.05) is 43.8 Å². The summed E-state index contributed by atoms with van der Waals surface area (Å²) in [5, 5.41) is 0. The van der Waals surface area contributed by atoms with Crippen LogP contribution >= 0.6 is 0 Å². The summed E-state index contributed by atoms with van der Waals surface area (Å²) in [6, 6.07) is 13.6. The van der Waals surface area contributed by atoms with Crippen molar-refractivity contribution in [2.45, 2.75) is 25.7 Å². The summed E-state index contributed by atoms with van der Waals surface area (Å²) in [4.78, 5) is 21.9. The maximum absolute atomic E-state index is 13.5. The molecule has 1 aliphatic rings. The minimum absolute atomic E-state index is 0.0332. The number of pyridine rings is 1. The van der Waals surface area contributed by atoms with Gasteiger partial charge >= 0.3 is 0 Å². The average Bonchev–Trinajstić information content (AvgIpc) is 3.16. The lowest BCUT2D eigenvalue weighted by Gasteiger charge is -2.26. The Bertz CT molecular complexity index is 1180. The molecule has 202 valence electrons. The number of anilines is 1. The summed E-state index contributed by atoms with van der Waals surface area (Å²) in [5.74, 6) is 2.82. The maximum Gasteiger partial charge on any atom is 0.231 e. The van der Waals surface area contributed by atoms with E-state index in [1.807, 2.05) is 35.2 Å². The minimum atomic E-state index is 0.0332. The van der Waals surface area contributed by atoms with Crippen molar-refractivity contribution in [1.29, 1.82) is 0 Å². The zero-order valence-corrected chi connectivity index (χ0v) is 22.7. The van der Waals surface area contributed by atoms with Gasteiger partial charge in [-0.1, -0.05) is 0 Å². The molecule has 1 aliphatic heterocycles. The third kappa shape index (κ3) is 6.55. The molecule has 0 N–H and O–H groups in total. The number of carbonyl (C=O) groups excluding carboxylic acids is 1. The zero-order chi connectivity index (χ0) is 26.9. The largest absolute Gasteiger partial charge is 0.493 e. The molecule has 8 nitrogen and oxygen atoms in total. The van der Waals surface area contributed by atoms with Crippen LogP contribution < -0.4 is 23.8 Å². The molecule has 2 heterocycles. The summed E-state index contributed by atoms with van der Waals surface area (Å²) in [6.07, 6.45) is 6.49. The monoisotopic (exact) mass is 519 g/mol. The van der Waals surface area contributed by atoms with Gasteiger partial charge in [-0.15, -0.1) is 0 Å². The van der Waals surface area contributed by atoms with Gasteiger partial charge in [0.1, 0.15) is 0 Å². The van der Waals surface area contributed by atoms with Crippen molar-refractivity contribution in [2.75, 3.05) is 59.5 Å². The Kier molecular flexibility index (Phi) is 9.43. The first-order chi connectivity index (χ1) is 18.6. The number of aromatic nitrogens is 1. The van der Waals surface area contributed by atoms with Crippen molar-refractivity contribution < 1.29 is 23.7 Å². The number of benzene rings is 2. The summed E-state index contributed by atoms with van der Waals surface area (Å²) >= 11 is 0. The first kappa shape index (κ1) is 27.3. The van der Waals surface area contributed by atoms with E-state index in [4.69, 9.17) is 18.9 Å². The van der Waals surface area contributed by atoms with Crippen LogP contribution in [0.4, 0.5) is 5.69 Å². The first-order valence-electron chi connectivity index (χ1n) is 12.9. The van der Waals surface area contributed by atoms with Crippen molar-refractivity contribution in [2.24, 2.45) is 0 Å². The molecule has 38 heavy (non-hydrogen) atoms. The van der Waals surface area contributed by atoms with E-state index in [1.54, 1.807) is 40.8 Å². The number of hydrogen-bond donors (Lipinski definition) is 0. The van der Waals surface area contributed by atoms with E-state index in [9.17, 15) is 4.79 Å². The Morgan fingerprint density at radius 2 is 1.39 bits per heavy atom. The second-order valence-corrected chi connectivity index (χ2v) is 9.29. The molecule has 3 aromatic rings. The van der Waals surface area contributed by atoms with Crippen LogP contribution in [0, 0.1) is 0 Å². The molecular weight excluding hydrogens is 482 g/mol. The quantitative estimate of drug-likeness (QED) is 0.376. The minimum Gasteiger partial charge on any atom is -0.493 e. The number of fused-ring (bicyclic) bond motifs is 1. The molecule has 1 amide bonds. The van der Waals surface area contributed by atoms with Crippen molar-refractivity contribution in [3.8, 4) is 23.0 Å². The van der Waals surface area contributed by atoms with E-state index < -0.39 is 0 Å². The highest BCUT2D eigenvalue weighted by Gasteiger charge is 2.21. The molecule has 0 bridgehead atoms. The highest BCUT2D eigenvalue weighted by molar-refractivity contribution is 5.95. The van der Waals surface area contributed by atoms with Gasteiger partial charge in [0.2, 0.25) is 5.91 Å². The Hall–Kier alpha value is -3.78. The fourth-order valence-electron chi connectivity index (χ4n) is 4.93. The van der Waals surface area contributed by atoms with E-state index in [0.29, 0.717) is 24.5 Å². The van der Waals surface area contributed by atoms with Gasteiger partial charge in [-0.2, -0.15) is 0 Å². The number of hydrogen-bond acceptors (Lipinski definition) is 7. The molecule has 0 aliphatic carbocycles. The van der Waals surface area contributed by atoms with Crippen LogP contribution in [-0.2, 0) is 24.1 Å². The van der Waals surface area contributed by atoms with E-state index in [2.05, 4.69) is 22.0 Å². The summed E-state index contributed by atoms with van der Waals surface area (Å²) in [6.45, 7) is 3.42. The molecule has 0 fully saturated rings. The lowest BCUT2D eigenvalue weighted by atomic mass is 10.0. The normalized spacial score (nSPS) is 13.3. The van der Waals surface area contributed by atoms with Crippen LogP contribution in [0.2, 0.25) is 0 Å². The number of methoxy groups -OCH3 is 4. The molecule has 0 spiro atoms. The van der Waals surface area contributed by atoms with Crippen molar-refractivity contribution >= 4 is 11.6 Å². The van der Waals surface area contributed by atoms with E-state index in [-0.39, 0.29) is 5.91 Å². The number of rotatable bonds is 11. The third-order valence-electron chi connectivity index (χ3n) is 7.04. The van der Waals surface area contributed by atoms with Gasteiger partial charge in [0.25, 0.3) is 0 Å². The van der Waals surface area contributed by atoms with Crippen LogP contribution in [-0.4, -0.2) is 70.4 Å². The highest BCUT2D eigenvalue weighted by atomic mass is 16.5. The Labute approximate surface area is 225 Å². The van der Waals surface area contributed by atoms with Crippen molar-refractivity contribution in [1.82, 2.24) is 9.88 Å². The smallest absolute Gasteiger partial charge is 0.231 e. The highest BCUT2D eigenvalue weighted by Crippen LogP contribution is 2.33. The Morgan fingerprint density at radius 3 is 1.97 bits per heavy atom. The fraction of sp³-hybridized carbons (Fsp3) is 0.400. The second-order valence-electron chi connectivity index (χ2n) is 9.29. The lowest BCUT2D eigenvalue weighted by molar-refractivity contribution is -0.118. The average molecular weight is 520 g/mol. The number of ether oxygens (including phenoxy) is 4. The molecule has 4 rings (SSSR count). The fourth-order valence-corrected chi connectivity index (χ4v) is 4.93. The molecule has 0 radical (unpaired) electrons. The number of carbonyl (C=O) groups is 1. The summed E-state index contributed by atoms with van der Waals surface area (Å²) < 4.78 is 21.9. The lowest BCUT2D eigenvalue weighted by Crippen LogP contribution is -2.36. The van der Waals surface area contributed by atoms with E-state index in [1.165, 1.54) is 11.1 Å². The molecule has 2 aromatic carbocycles. The zero-order valence-electron chi connectivity index (χ0n) is 22.7. The van der Waals surface area contributed by atoms with Crippen molar-refractivity contribution in [3.63, 3.8) is 0 Å². The predicted molar refractivity (Wildman–Crippen MR) is 148 cm³/mol. The standard InChI is InChI=1S/C30H37N3O5/c1-35-26-7-6-25(21-29(26)38-4)33(30(34)18-22-8-12-31-13-9-22)15-5-14-32-16-10-23-19-27(36-2)28(37-3)20-24(23)11-17-32/h6-9,12-13,19-21H,5,10-11,14-18H2,1-4H3. The van der Waals surface area contributed by atoms with Crippen LogP contribution in [0.15, 0.2) is 54.9 Å². The van der Waals surface area contributed by atoms with Gasteiger partial charge in [-0.05, 0) is 78.9 Å². The SMILES string of the molecule is COc1ccc(N(CCCN2CCc3cc(OC)c(OC)cc3CC2)C(=O)Cc2ccncc2)cc1OC. The number of nitrogens with zero attached hydrogens (tertiary/aromatic N) is 3. The van der Waals surface area contributed by atoms with Crippen molar-refractivity contribution in [3.05, 3.63) is 71.5 Å². The molecule has 0 saturated carbocycles. The Morgan fingerprint density at radius 1 is 0.816 bits per heavy atom. The molecular formula is C30H37N3O5. The van der Waals surface area contributed by atoms with E-state index in [0.717, 1.165) is 61.6 Å². The van der Waals surface area contributed by atoms with Gasteiger partial charge in [0.05, 0.1) is 34.9 Å².